The first kappa shape index (κ1) is 32.4. The van der Waals surface area contributed by atoms with Gasteiger partial charge in [0.2, 0.25) is 0 Å². The maximum Gasteiger partial charge on any atom is 0.194 e. The van der Waals surface area contributed by atoms with Crippen molar-refractivity contribution in [2.24, 2.45) is 0 Å². The van der Waals surface area contributed by atoms with Gasteiger partial charge in [-0.05, 0) is 100 Å². The third kappa shape index (κ3) is 4.97. The molecule has 0 atom stereocenters. The van der Waals surface area contributed by atoms with E-state index < -0.39 is 0 Å². The van der Waals surface area contributed by atoms with Crippen LogP contribution in [0.5, 0.6) is 0 Å². The minimum atomic E-state index is 0.523. The summed E-state index contributed by atoms with van der Waals surface area (Å²) in [6, 6.07) is 57.8. The zero-order valence-electron chi connectivity index (χ0n) is 29.8. The molecular formula is C50H28N6. The lowest BCUT2D eigenvalue weighted by Gasteiger charge is -2.18. The summed E-state index contributed by atoms with van der Waals surface area (Å²) < 4.78 is 4.40. The van der Waals surface area contributed by atoms with Gasteiger partial charge in [-0.3, -0.25) is 4.98 Å². The monoisotopic (exact) mass is 712 g/mol. The molecule has 258 valence electrons. The van der Waals surface area contributed by atoms with E-state index in [4.69, 9.17) is 6.57 Å². The normalized spacial score (nSPS) is 11.2. The maximum atomic E-state index is 11.3. The number of aromatic nitrogens is 3. The molecule has 3 heterocycles. The van der Waals surface area contributed by atoms with Crippen LogP contribution in [0.3, 0.4) is 0 Å². The number of nitrogens with zero attached hydrogens (tertiary/aromatic N) is 6. The predicted molar refractivity (Wildman–Crippen MR) is 225 cm³/mol. The van der Waals surface area contributed by atoms with Gasteiger partial charge in [0, 0.05) is 33.9 Å². The summed E-state index contributed by atoms with van der Waals surface area (Å²) >= 11 is 0. The van der Waals surface area contributed by atoms with Crippen LogP contribution in [0.2, 0.25) is 0 Å². The summed E-state index contributed by atoms with van der Waals surface area (Å²) in [7, 11) is 0. The molecule has 0 bridgehead atoms. The van der Waals surface area contributed by atoms with Crippen LogP contribution in [0.15, 0.2) is 170 Å². The fraction of sp³-hybridized carbons (Fsp3) is 0. The molecule has 0 aliphatic carbocycles. The van der Waals surface area contributed by atoms with Crippen molar-refractivity contribution in [3.05, 3.63) is 193 Å². The molecule has 10 rings (SSSR count). The minimum Gasteiger partial charge on any atom is -0.308 e. The number of nitriles is 2. The molecule has 3 aromatic heterocycles. The van der Waals surface area contributed by atoms with E-state index in [0.717, 1.165) is 88.4 Å². The minimum absolute atomic E-state index is 0.523. The van der Waals surface area contributed by atoms with Gasteiger partial charge in [-0.25, -0.2) is 4.85 Å². The first-order valence-electron chi connectivity index (χ1n) is 18.2. The Labute approximate surface area is 322 Å². The molecule has 0 saturated heterocycles. The fourth-order valence-electron chi connectivity index (χ4n) is 8.24. The van der Waals surface area contributed by atoms with Crippen molar-refractivity contribution in [3.8, 4) is 56.9 Å². The van der Waals surface area contributed by atoms with Crippen LogP contribution in [0.1, 0.15) is 11.1 Å². The first-order valence-corrected chi connectivity index (χ1v) is 18.2. The van der Waals surface area contributed by atoms with E-state index in [2.05, 4.69) is 104 Å². The predicted octanol–water partition coefficient (Wildman–Crippen LogP) is 12.6. The highest BCUT2D eigenvalue weighted by atomic mass is 15.0. The van der Waals surface area contributed by atoms with E-state index >= 15 is 0 Å². The lowest BCUT2D eigenvalue weighted by atomic mass is 9.98. The molecule has 0 radical (unpaired) electrons. The highest BCUT2D eigenvalue weighted by Crippen LogP contribution is 2.42. The molecular weight excluding hydrogens is 685 g/mol. The standard InChI is InChI=1S/C50H28N6/c1-53-44-15-7-4-12-38(44)34-19-21-48-42(27-34)40-14-6-9-17-46(40)56(48)50-29-36(32-22-24-54-25-23-32)28-49(43(50)31-52)55-45-16-8-5-13-39(45)41-26-33(18-20-47(41)55)37-11-3-2-10-35(37)30-51/h2-29H. The van der Waals surface area contributed by atoms with Gasteiger partial charge >= 0.3 is 0 Å². The Balaban J connectivity index is 1.29. The van der Waals surface area contributed by atoms with Crippen LogP contribution < -0.4 is 0 Å². The van der Waals surface area contributed by atoms with E-state index in [9.17, 15) is 10.5 Å². The SMILES string of the molecule is [C-]#[N+]c1ccccc1-c1ccc2c(c1)c1ccccc1n2-c1cc(-c2ccncc2)cc(-n2c3ccccc3c3cc(-c4ccccc4C#N)ccc32)c1C#N. The molecule has 6 heteroatoms. The molecule has 0 fully saturated rings. The summed E-state index contributed by atoms with van der Waals surface area (Å²) in [6.45, 7) is 7.80. The molecule has 0 amide bonds. The summed E-state index contributed by atoms with van der Waals surface area (Å²) in [5.41, 5.74) is 12.7. The van der Waals surface area contributed by atoms with Gasteiger partial charge in [-0.15, -0.1) is 0 Å². The Bertz CT molecular complexity index is 3150. The Morgan fingerprint density at radius 1 is 0.464 bits per heavy atom. The zero-order chi connectivity index (χ0) is 37.8. The van der Waals surface area contributed by atoms with Crippen LogP contribution >= 0.6 is 0 Å². The topological polar surface area (TPSA) is 74.7 Å². The highest BCUT2D eigenvalue weighted by Gasteiger charge is 2.23. The number of rotatable bonds is 5. The van der Waals surface area contributed by atoms with E-state index in [1.54, 1.807) is 12.4 Å². The van der Waals surface area contributed by atoms with Crippen molar-refractivity contribution in [2.45, 2.75) is 0 Å². The number of fused-ring (bicyclic) bond motifs is 6. The average Bonchev–Trinajstić information content (AvgIpc) is 3.78. The van der Waals surface area contributed by atoms with Crippen molar-refractivity contribution < 1.29 is 0 Å². The molecule has 0 aliphatic rings. The second kappa shape index (κ2) is 13.0. The van der Waals surface area contributed by atoms with Crippen molar-refractivity contribution >= 4 is 49.3 Å². The molecule has 0 saturated carbocycles. The average molecular weight is 713 g/mol. The lowest BCUT2D eigenvalue weighted by molar-refractivity contribution is 1.12. The molecule has 56 heavy (non-hydrogen) atoms. The smallest absolute Gasteiger partial charge is 0.194 e. The molecule has 10 aromatic rings. The Morgan fingerprint density at radius 2 is 0.982 bits per heavy atom. The summed E-state index contributed by atoms with van der Waals surface area (Å²) in [5.74, 6) is 0. The van der Waals surface area contributed by atoms with E-state index in [1.165, 1.54) is 0 Å². The van der Waals surface area contributed by atoms with Crippen molar-refractivity contribution in [3.63, 3.8) is 0 Å². The van der Waals surface area contributed by atoms with Gasteiger partial charge < -0.3 is 9.13 Å². The first-order chi connectivity index (χ1) is 27.7. The fourth-order valence-corrected chi connectivity index (χ4v) is 8.24. The number of hydrogen-bond donors (Lipinski definition) is 0. The molecule has 0 spiro atoms. The second-order valence-corrected chi connectivity index (χ2v) is 13.7. The Hall–Kier alpha value is -8.24. The molecule has 0 N–H and O–H groups in total. The summed E-state index contributed by atoms with van der Waals surface area (Å²) in [5, 5.41) is 25.4. The van der Waals surface area contributed by atoms with Gasteiger partial charge in [0.15, 0.2) is 5.69 Å². The summed E-state index contributed by atoms with van der Waals surface area (Å²) in [4.78, 5) is 8.10. The number of hydrogen-bond acceptors (Lipinski definition) is 3. The van der Waals surface area contributed by atoms with Crippen molar-refractivity contribution in [2.75, 3.05) is 0 Å². The molecule has 6 nitrogen and oxygen atoms in total. The van der Waals surface area contributed by atoms with E-state index in [-0.39, 0.29) is 0 Å². The van der Waals surface area contributed by atoms with Gasteiger partial charge in [0.25, 0.3) is 0 Å². The largest absolute Gasteiger partial charge is 0.308 e. The van der Waals surface area contributed by atoms with E-state index in [0.29, 0.717) is 16.8 Å². The quantitative estimate of drug-likeness (QED) is 0.167. The highest BCUT2D eigenvalue weighted by molar-refractivity contribution is 6.12. The van der Waals surface area contributed by atoms with Gasteiger partial charge in [0.05, 0.1) is 51.6 Å². The number of pyridine rings is 1. The third-order valence-electron chi connectivity index (χ3n) is 10.7. The molecule has 7 aromatic carbocycles. The van der Waals surface area contributed by atoms with Crippen LogP contribution in [0.25, 0.3) is 93.2 Å². The Morgan fingerprint density at radius 3 is 1.57 bits per heavy atom. The molecule has 0 unspecified atom stereocenters. The molecule has 0 aliphatic heterocycles. The zero-order valence-corrected chi connectivity index (χ0v) is 29.8. The van der Waals surface area contributed by atoms with Crippen LogP contribution in [-0.4, -0.2) is 14.1 Å². The van der Waals surface area contributed by atoms with Gasteiger partial charge in [-0.1, -0.05) is 91.0 Å². The maximum absolute atomic E-state index is 11.3. The third-order valence-corrected chi connectivity index (χ3v) is 10.7. The summed E-state index contributed by atoms with van der Waals surface area (Å²) in [6.07, 6.45) is 3.58. The van der Waals surface area contributed by atoms with Crippen molar-refractivity contribution in [1.29, 1.82) is 10.5 Å². The van der Waals surface area contributed by atoms with Gasteiger partial charge in [0.1, 0.15) is 11.6 Å². The second-order valence-electron chi connectivity index (χ2n) is 13.7. The lowest BCUT2D eigenvalue weighted by Crippen LogP contribution is -2.05. The van der Waals surface area contributed by atoms with Gasteiger partial charge in [-0.2, -0.15) is 10.5 Å². The Kier molecular flexibility index (Phi) is 7.53. The van der Waals surface area contributed by atoms with E-state index in [1.807, 2.05) is 84.9 Å². The number of para-hydroxylation sites is 3. The van der Waals surface area contributed by atoms with Crippen LogP contribution in [-0.2, 0) is 0 Å². The van der Waals surface area contributed by atoms with Crippen molar-refractivity contribution in [1.82, 2.24) is 14.1 Å². The van der Waals surface area contributed by atoms with Crippen LogP contribution in [0, 0.1) is 29.2 Å². The van der Waals surface area contributed by atoms with Crippen LogP contribution in [0.4, 0.5) is 5.69 Å². The number of benzene rings is 7.